The molecule has 3 amide bonds. The summed E-state index contributed by atoms with van der Waals surface area (Å²) < 4.78 is 0. The molecule has 0 aliphatic carbocycles. The summed E-state index contributed by atoms with van der Waals surface area (Å²) in [7, 11) is 0. The van der Waals surface area contributed by atoms with Crippen LogP contribution in [0.5, 0.6) is 0 Å². The van der Waals surface area contributed by atoms with E-state index >= 15 is 0 Å². The van der Waals surface area contributed by atoms with Crippen molar-refractivity contribution in [3.63, 3.8) is 0 Å². The molecule has 0 saturated heterocycles. The summed E-state index contributed by atoms with van der Waals surface area (Å²) in [6.07, 6.45) is -0.685. The van der Waals surface area contributed by atoms with Gasteiger partial charge in [0, 0.05) is 13.0 Å². The third kappa shape index (κ3) is 11.6. The number of carboxylic acids is 1. The quantitative estimate of drug-likeness (QED) is 0.0685. The van der Waals surface area contributed by atoms with Gasteiger partial charge in [0.1, 0.15) is 12.1 Å². The molecule has 0 spiro atoms. The lowest BCUT2D eigenvalue weighted by Gasteiger charge is -2.26. The second kappa shape index (κ2) is 16.6. The van der Waals surface area contributed by atoms with E-state index in [0.717, 1.165) is 5.56 Å². The number of hydrogen-bond donors (Lipinski definition) is 8. The molecule has 5 atom stereocenters. The minimum atomic E-state index is -1.59. The van der Waals surface area contributed by atoms with Crippen molar-refractivity contribution in [2.75, 3.05) is 6.54 Å². The molecule has 0 saturated carbocycles. The predicted octanol–water partition coefficient (Wildman–Crippen LogP) is -1.23. The van der Waals surface area contributed by atoms with E-state index < -0.39 is 54.0 Å². The number of carboxylic acid groups (broad SMARTS) is 1. The van der Waals surface area contributed by atoms with Gasteiger partial charge in [0.2, 0.25) is 17.7 Å². The van der Waals surface area contributed by atoms with Crippen molar-refractivity contribution in [3.05, 3.63) is 71.8 Å². The Morgan fingerprint density at radius 1 is 0.805 bits per heavy atom. The minimum absolute atomic E-state index is 0.0206. The third-order valence-electron chi connectivity index (χ3n) is 6.18. The summed E-state index contributed by atoms with van der Waals surface area (Å²) in [4.78, 5) is 55.0. The van der Waals surface area contributed by atoms with Crippen LogP contribution in [-0.4, -0.2) is 76.7 Å². The number of guanidine groups is 1. The highest BCUT2D eigenvalue weighted by Gasteiger charge is 2.32. The number of hydrogen-bond acceptors (Lipinski definition) is 7. The molecule has 2 aromatic carbocycles. The zero-order valence-corrected chi connectivity index (χ0v) is 22.9. The van der Waals surface area contributed by atoms with Crippen LogP contribution in [0.15, 0.2) is 65.7 Å². The van der Waals surface area contributed by atoms with Gasteiger partial charge in [0.25, 0.3) is 0 Å². The lowest BCUT2D eigenvalue weighted by atomic mass is 10.0. The van der Waals surface area contributed by atoms with E-state index in [1.165, 1.54) is 6.92 Å². The number of aliphatic carboxylic acids is 1. The topological polar surface area (TPSA) is 235 Å². The zero-order valence-electron chi connectivity index (χ0n) is 22.9. The van der Waals surface area contributed by atoms with E-state index in [-0.39, 0.29) is 31.8 Å². The molecule has 11 N–H and O–H groups in total. The number of aliphatic imine (C=N–C) groups is 1. The summed E-state index contributed by atoms with van der Waals surface area (Å²) in [5.41, 5.74) is 18.4. The third-order valence-corrected chi connectivity index (χ3v) is 6.18. The van der Waals surface area contributed by atoms with E-state index in [1.807, 2.05) is 30.3 Å². The van der Waals surface area contributed by atoms with Crippen molar-refractivity contribution in [2.45, 2.75) is 62.9 Å². The number of carbonyl (C=O) groups excluding carboxylic acids is 3. The Labute approximate surface area is 238 Å². The number of benzene rings is 2. The number of carbonyl (C=O) groups is 4. The predicted molar refractivity (Wildman–Crippen MR) is 153 cm³/mol. The van der Waals surface area contributed by atoms with Crippen LogP contribution in [0.2, 0.25) is 0 Å². The number of nitrogens with two attached hydrogens (primary N) is 3. The SMILES string of the molecule is CC(O)C(NC(=O)C(Cc1ccccc1)NC(=O)C(CCCN=C(N)N)NC(=O)C(N)Cc1ccccc1)C(=O)O. The summed E-state index contributed by atoms with van der Waals surface area (Å²) >= 11 is 0. The molecule has 5 unspecified atom stereocenters. The first kappa shape index (κ1) is 32.7. The van der Waals surface area contributed by atoms with Crippen molar-refractivity contribution in [3.8, 4) is 0 Å². The largest absolute Gasteiger partial charge is 0.480 e. The molecule has 41 heavy (non-hydrogen) atoms. The Morgan fingerprint density at radius 2 is 1.32 bits per heavy atom. The fourth-order valence-corrected chi connectivity index (χ4v) is 3.99. The molecule has 2 rings (SSSR count). The lowest BCUT2D eigenvalue weighted by Crippen LogP contribution is -2.58. The second-order valence-electron chi connectivity index (χ2n) is 9.62. The summed E-state index contributed by atoms with van der Waals surface area (Å²) in [5.74, 6) is -3.63. The first-order valence-corrected chi connectivity index (χ1v) is 13.2. The maximum Gasteiger partial charge on any atom is 0.328 e. The molecular formula is C28H39N7O6. The molecule has 13 heteroatoms. The number of amides is 3. The van der Waals surface area contributed by atoms with Gasteiger partial charge in [0.15, 0.2) is 12.0 Å². The maximum atomic E-state index is 13.4. The molecule has 0 aliphatic heterocycles. The van der Waals surface area contributed by atoms with Crippen LogP contribution in [0.1, 0.15) is 30.9 Å². The molecule has 0 heterocycles. The molecule has 0 bridgehead atoms. The number of aliphatic hydroxyl groups excluding tert-OH is 1. The lowest BCUT2D eigenvalue weighted by molar-refractivity contribution is -0.145. The summed E-state index contributed by atoms with van der Waals surface area (Å²) in [5, 5.41) is 26.8. The number of rotatable bonds is 16. The van der Waals surface area contributed by atoms with Gasteiger partial charge in [-0.3, -0.25) is 19.4 Å². The van der Waals surface area contributed by atoms with Crippen molar-refractivity contribution in [2.24, 2.45) is 22.2 Å². The highest BCUT2D eigenvalue weighted by atomic mass is 16.4. The molecule has 2 aromatic rings. The zero-order chi connectivity index (χ0) is 30.4. The van der Waals surface area contributed by atoms with E-state index in [0.29, 0.717) is 12.0 Å². The van der Waals surface area contributed by atoms with Crippen LogP contribution < -0.4 is 33.2 Å². The van der Waals surface area contributed by atoms with Crippen LogP contribution in [0.3, 0.4) is 0 Å². The van der Waals surface area contributed by atoms with Gasteiger partial charge >= 0.3 is 5.97 Å². The van der Waals surface area contributed by atoms with Gasteiger partial charge in [-0.1, -0.05) is 60.7 Å². The van der Waals surface area contributed by atoms with Gasteiger partial charge in [-0.15, -0.1) is 0 Å². The van der Waals surface area contributed by atoms with E-state index in [4.69, 9.17) is 17.2 Å². The Kier molecular flexibility index (Phi) is 13.2. The molecule has 0 radical (unpaired) electrons. The fraction of sp³-hybridized carbons (Fsp3) is 0.393. The molecule has 0 aromatic heterocycles. The first-order valence-electron chi connectivity index (χ1n) is 13.2. The van der Waals surface area contributed by atoms with Gasteiger partial charge in [-0.2, -0.15) is 0 Å². The normalized spacial score (nSPS) is 14.4. The standard InChI is InChI=1S/C28H39N7O6/c1-17(36)23(27(40)41)35-26(39)22(16-19-11-6-3-7-12-19)34-25(38)21(13-8-14-32-28(30)31)33-24(37)20(29)15-18-9-4-2-5-10-18/h2-7,9-12,17,20-23,36H,8,13-16,29H2,1H3,(H,33,37)(H,34,38)(H,35,39)(H,40,41)(H4,30,31,32). The highest BCUT2D eigenvalue weighted by molar-refractivity contribution is 5.94. The van der Waals surface area contributed by atoms with Crippen LogP contribution in [-0.2, 0) is 32.0 Å². The van der Waals surface area contributed by atoms with Gasteiger partial charge < -0.3 is 43.4 Å². The van der Waals surface area contributed by atoms with Crippen molar-refractivity contribution in [1.29, 1.82) is 0 Å². The second-order valence-corrected chi connectivity index (χ2v) is 9.62. The van der Waals surface area contributed by atoms with Crippen molar-refractivity contribution < 1.29 is 29.4 Å². The average molecular weight is 570 g/mol. The fourth-order valence-electron chi connectivity index (χ4n) is 3.99. The van der Waals surface area contributed by atoms with E-state index in [2.05, 4.69) is 20.9 Å². The van der Waals surface area contributed by atoms with E-state index in [9.17, 15) is 29.4 Å². The minimum Gasteiger partial charge on any atom is -0.480 e. The van der Waals surface area contributed by atoms with E-state index in [1.54, 1.807) is 30.3 Å². The van der Waals surface area contributed by atoms with Gasteiger partial charge in [-0.05, 0) is 37.3 Å². The highest BCUT2D eigenvalue weighted by Crippen LogP contribution is 2.08. The summed E-state index contributed by atoms with van der Waals surface area (Å²) in [6, 6.07) is 13.1. The monoisotopic (exact) mass is 569 g/mol. The smallest absolute Gasteiger partial charge is 0.328 e. The Bertz CT molecular complexity index is 1170. The summed E-state index contributed by atoms with van der Waals surface area (Å²) in [6.45, 7) is 1.42. The van der Waals surface area contributed by atoms with Crippen LogP contribution in [0.4, 0.5) is 0 Å². The number of nitrogens with one attached hydrogen (secondary N) is 3. The number of nitrogens with zero attached hydrogens (tertiary/aromatic N) is 1. The first-order chi connectivity index (χ1) is 19.5. The molecule has 222 valence electrons. The Hall–Kier alpha value is -4.49. The van der Waals surface area contributed by atoms with Crippen LogP contribution in [0, 0.1) is 0 Å². The Balaban J connectivity index is 2.23. The van der Waals surface area contributed by atoms with Crippen LogP contribution in [0.25, 0.3) is 0 Å². The Morgan fingerprint density at radius 3 is 1.83 bits per heavy atom. The molecule has 0 fully saturated rings. The average Bonchev–Trinajstić information content (AvgIpc) is 2.93. The number of aliphatic hydroxyl groups is 1. The van der Waals surface area contributed by atoms with Gasteiger partial charge in [-0.25, -0.2) is 4.79 Å². The van der Waals surface area contributed by atoms with Crippen LogP contribution >= 0.6 is 0 Å². The maximum absolute atomic E-state index is 13.4. The van der Waals surface area contributed by atoms with Crippen molar-refractivity contribution >= 4 is 29.7 Å². The molecule has 0 aliphatic rings. The van der Waals surface area contributed by atoms with Gasteiger partial charge in [0.05, 0.1) is 12.1 Å². The molecular weight excluding hydrogens is 530 g/mol. The van der Waals surface area contributed by atoms with Crippen molar-refractivity contribution in [1.82, 2.24) is 16.0 Å². The molecule has 13 nitrogen and oxygen atoms in total.